The van der Waals surface area contributed by atoms with Gasteiger partial charge in [-0.2, -0.15) is 0 Å². The Morgan fingerprint density at radius 1 is 1.13 bits per heavy atom. The molecule has 2 aromatic carbocycles. The fourth-order valence-corrected chi connectivity index (χ4v) is 2.40. The van der Waals surface area contributed by atoms with Gasteiger partial charge in [0.1, 0.15) is 5.75 Å². The smallest absolute Gasteiger partial charge is 0.337 e. The van der Waals surface area contributed by atoms with Crippen LogP contribution in [0.2, 0.25) is 0 Å². The number of methoxy groups -OCH3 is 1. The summed E-state index contributed by atoms with van der Waals surface area (Å²) in [6.45, 7) is 1.81. The van der Waals surface area contributed by atoms with E-state index in [4.69, 9.17) is 4.74 Å². The Balaban J connectivity index is 1.90. The van der Waals surface area contributed by atoms with Gasteiger partial charge in [-0.1, -0.05) is 15.9 Å². The average Bonchev–Trinajstić information content (AvgIpc) is 2.54. The van der Waals surface area contributed by atoms with Gasteiger partial charge < -0.3 is 14.8 Å². The second-order valence-electron chi connectivity index (χ2n) is 4.82. The van der Waals surface area contributed by atoms with Gasteiger partial charge in [0.2, 0.25) is 0 Å². The van der Waals surface area contributed by atoms with Crippen LogP contribution < -0.4 is 10.1 Å². The number of benzene rings is 2. The number of anilines is 1. The molecule has 0 fully saturated rings. The monoisotopic (exact) mass is 377 g/mol. The van der Waals surface area contributed by atoms with Crippen molar-refractivity contribution >= 4 is 33.5 Å². The van der Waals surface area contributed by atoms with Crippen LogP contribution in [0.4, 0.5) is 5.69 Å². The molecule has 0 saturated carbocycles. The Hall–Kier alpha value is -2.34. The highest BCUT2D eigenvalue weighted by atomic mass is 79.9. The zero-order chi connectivity index (χ0) is 16.8. The van der Waals surface area contributed by atoms with Crippen LogP contribution >= 0.6 is 15.9 Å². The molecule has 0 radical (unpaired) electrons. The molecule has 0 saturated heterocycles. The minimum atomic E-state index is -0.420. The summed E-state index contributed by atoms with van der Waals surface area (Å²) in [4.78, 5) is 23.2. The Morgan fingerprint density at radius 3 is 2.43 bits per heavy atom. The molecule has 120 valence electrons. The minimum Gasteiger partial charge on any atom is -0.483 e. The Labute approximate surface area is 142 Å². The lowest BCUT2D eigenvalue weighted by molar-refractivity contribution is -0.118. The molecule has 0 bridgehead atoms. The molecular weight excluding hydrogens is 362 g/mol. The highest BCUT2D eigenvalue weighted by molar-refractivity contribution is 9.10. The SMILES string of the molecule is COC(=O)c1ccc(NC(=O)COc2ccc(Br)cc2C)cc1. The predicted octanol–water partition coefficient (Wildman–Crippen LogP) is 3.56. The van der Waals surface area contributed by atoms with Crippen molar-refractivity contribution in [3.63, 3.8) is 0 Å². The Morgan fingerprint density at radius 2 is 1.83 bits per heavy atom. The topological polar surface area (TPSA) is 64.6 Å². The maximum absolute atomic E-state index is 11.9. The first kappa shape index (κ1) is 17.0. The van der Waals surface area contributed by atoms with Crippen LogP contribution in [0, 0.1) is 6.92 Å². The third-order valence-corrected chi connectivity index (χ3v) is 3.58. The molecule has 1 N–H and O–H groups in total. The van der Waals surface area contributed by atoms with Gasteiger partial charge in [-0.25, -0.2) is 4.79 Å². The van der Waals surface area contributed by atoms with Crippen LogP contribution in [-0.4, -0.2) is 25.6 Å². The number of carbonyl (C=O) groups excluding carboxylic acids is 2. The number of ether oxygens (including phenoxy) is 2. The highest BCUT2D eigenvalue weighted by Crippen LogP contribution is 2.22. The number of hydrogen-bond acceptors (Lipinski definition) is 4. The van der Waals surface area contributed by atoms with E-state index in [2.05, 4.69) is 26.0 Å². The summed E-state index contributed by atoms with van der Waals surface area (Å²) in [5, 5.41) is 2.70. The van der Waals surface area contributed by atoms with E-state index >= 15 is 0 Å². The summed E-state index contributed by atoms with van der Waals surface area (Å²) in [5.41, 5.74) is 1.95. The van der Waals surface area contributed by atoms with Crippen molar-refractivity contribution in [2.24, 2.45) is 0 Å². The van der Waals surface area contributed by atoms with Gasteiger partial charge in [-0.15, -0.1) is 0 Å². The van der Waals surface area contributed by atoms with Crippen LogP contribution in [0.5, 0.6) is 5.75 Å². The summed E-state index contributed by atoms with van der Waals surface area (Å²) in [7, 11) is 1.32. The summed E-state index contributed by atoms with van der Waals surface area (Å²) in [6, 6.07) is 12.0. The highest BCUT2D eigenvalue weighted by Gasteiger charge is 2.08. The van der Waals surface area contributed by atoms with Gasteiger partial charge in [-0.3, -0.25) is 4.79 Å². The van der Waals surface area contributed by atoms with Crippen molar-refractivity contribution in [3.05, 3.63) is 58.1 Å². The van der Waals surface area contributed by atoms with Gasteiger partial charge in [-0.05, 0) is 55.0 Å². The Bertz CT molecular complexity index is 713. The van der Waals surface area contributed by atoms with Gasteiger partial charge in [0, 0.05) is 10.2 Å². The molecule has 0 aliphatic carbocycles. The summed E-state index contributed by atoms with van der Waals surface area (Å²) < 4.78 is 11.1. The van der Waals surface area contributed by atoms with Crippen molar-refractivity contribution in [1.29, 1.82) is 0 Å². The maximum atomic E-state index is 11.9. The average molecular weight is 378 g/mol. The predicted molar refractivity (Wildman–Crippen MR) is 90.8 cm³/mol. The van der Waals surface area contributed by atoms with E-state index in [-0.39, 0.29) is 12.5 Å². The van der Waals surface area contributed by atoms with Crippen LogP contribution in [0.15, 0.2) is 46.9 Å². The largest absolute Gasteiger partial charge is 0.483 e. The molecular formula is C17H16BrNO4. The number of aryl methyl sites for hydroxylation is 1. The zero-order valence-corrected chi connectivity index (χ0v) is 14.3. The fraction of sp³-hybridized carbons (Fsp3) is 0.176. The Kier molecular flexibility index (Phi) is 5.76. The van der Waals surface area contributed by atoms with E-state index < -0.39 is 5.97 Å². The number of carbonyl (C=O) groups is 2. The van der Waals surface area contributed by atoms with Gasteiger partial charge in [0.25, 0.3) is 5.91 Å². The molecule has 23 heavy (non-hydrogen) atoms. The molecule has 5 nitrogen and oxygen atoms in total. The van der Waals surface area contributed by atoms with E-state index in [9.17, 15) is 9.59 Å². The molecule has 0 heterocycles. The number of halogens is 1. The van der Waals surface area contributed by atoms with E-state index in [0.717, 1.165) is 10.0 Å². The third kappa shape index (κ3) is 4.82. The first-order valence-corrected chi connectivity index (χ1v) is 7.66. The minimum absolute atomic E-state index is 0.0960. The van der Waals surface area contributed by atoms with Crippen molar-refractivity contribution in [2.45, 2.75) is 6.92 Å². The number of amides is 1. The van der Waals surface area contributed by atoms with E-state index in [1.54, 1.807) is 30.3 Å². The van der Waals surface area contributed by atoms with Crippen LogP contribution in [0.25, 0.3) is 0 Å². The second-order valence-corrected chi connectivity index (χ2v) is 5.73. The molecule has 0 aromatic heterocycles. The van der Waals surface area contributed by atoms with Crippen molar-refractivity contribution in [1.82, 2.24) is 0 Å². The maximum Gasteiger partial charge on any atom is 0.337 e. The van der Waals surface area contributed by atoms with Crippen LogP contribution in [0.3, 0.4) is 0 Å². The van der Waals surface area contributed by atoms with Gasteiger partial charge in [0.05, 0.1) is 12.7 Å². The second kappa shape index (κ2) is 7.78. The summed E-state index contributed by atoms with van der Waals surface area (Å²) >= 11 is 3.37. The first-order chi connectivity index (χ1) is 11.0. The number of esters is 1. The standard InChI is InChI=1S/C17H16BrNO4/c1-11-9-13(18)5-8-15(11)23-10-16(20)19-14-6-3-12(4-7-14)17(21)22-2/h3-9H,10H2,1-2H3,(H,19,20). The quantitative estimate of drug-likeness (QED) is 0.809. The summed E-state index contributed by atoms with van der Waals surface area (Å²) in [5.74, 6) is -0.0422. The van der Waals surface area contributed by atoms with Crippen molar-refractivity contribution in [2.75, 3.05) is 19.0 Å². The molecule has 0 aliphatic rings. The molecule has 1 amide bonds. The fourth-order valence-electron chi connectivity index (χ4n) is 1.92. The molecule has 0 spiro atoms. The lowest BCUT2D eigenvalue weighted by atomic mass is 10.2. The van der Waals surface area contributed by atoms with Crippen molar-refractivity contribution < 1.29 is 19.1 Å². The van der Waals surface area contributed by atoms with Gasteiger partial charge in [0.15, 0.2) is 6.61 Å². The number of nitrogens with one attached hydrogen (secondary N) is 1. The zero-order valence-electron chi connectivity index (χ0n) is 12.8. The van der Waals surface area contributed by atoms with E-state index in [0.29, 0.717) is 17.0 Å². The molecule has 6 heteroatoms. The number of rotatable bonds is 5. The molecule has 0 aliphatic heterocycles. The van der Waals surface area contributed by atoms with Crippen LogP contribution in [-0.2, 0) is 9.53 Å². The normalized spacial score (nSPS) is 10.0. The first-order valence-electron chi connectivity index (χ1n) is 6.87. The molecule has 0 unspecified atom stereocenters. The summed E-state index contributed by atoms with van der Waals surface area (Å²) in [6.07, 6.45) is 0. The van der Waals surface area contributed by atoms with E-state index in [1.165, 1.54) is 7.11 Å². The molecule has 0 atom stereocenters. The lowest BCUT2D eigenvalue weighted by Gasteiger charge is -2.10. The van der Waals surface area contributed by atoms with Crippen LogP contribution in [0.1, 0.15) is 15.9 Å². The third-order valence-electron chi connectivity index (χ3n) is 3.09. The van der Waals surface area contributed by atoms with Crippen molar-refractivity contribution in [3.8, 4) is 5.75 Å². The number of hydrogen-bond donors (Lipinski definition) is 1. The van der Waals surface area contributed by atoms with Gasteiger partial charge >= 0.3 is 5.97 Å². The lowest BCUT2D eigenvalue weighted by Crippen LogP contribution is -2.20. The molecule has 2 aromatic rings. The van der Waals surface area contributed by atoms with E-state index in [1.807, 2.05) is 19.1 Å². The molecule has 2 rings (SSSR count).